The average Bonchev–Trinajstić information content (AvgIpc) is 2.76. The van der Waals surface area contributed by atoms with Crippen molar-refractivity contribution in [3.05, 3.63) is 65.5 Å². The zero-order chi connectivity index (χ0) is 18.2. The number of rotatable bonds is 4. The first kappa shape index (κ1) is 17.1. The van der Waals surface area contributed by atoms with Crippen molar-refractivity contribution in [3.63, 3.8) is 0 Å². The molecule has 0 unspecified atom stereocenters. The van der Waals surface area contributed by atoms with Crippen molar-refractivity contribution < 1.29 is 22.4 Å². The third-order valence-corrected chi connectivity index (χ3v) is 5.71. The molecular weight excluding hydrogens is 347 g/mol. The second-order valence-corrected chi connectivity index (χ2v) is 7.52. The third-order valence-electron chi connectivity index (χ3n) is 3.93. The van der Waals surface area contributed by atoms with Gasteiger partial charge in [0, 0.05) is 13.6 Å². The number of nitrogens with zero attached hydrogens (tertiary/aromatic N) is 2. The Morgan fingerprint density at radius 1 is 1.16 bits per heavy atom. The number of fused-ring (bicyclic) bond motifs is 1. The van der Waals surface area contributed by atoms with Gasteiger partial charge < -0.3 is 4.90 Å². The second kappa shape index (κ2) is 6.29. The number of sulfonamides is 1. The number of benzene rings is 2. The Kier molecular flexibility index (Phi) is 4.30. The van der Waals surface area contributed by atoms with Crippen LogP contribution in [0.3, 0.4) is 0 Å². The summed E-state index contributed by atoms with van der Waals surface area (Å²) < 4.78 is 38.7. The molecule has 0 saturated carbocycles. The number of carbonyl (C=O) groups excluding carboxylic acids is 2. The highest BCUT2D eigenvalue weighted by Gasteiger charge is 2.42. The van der Waals surface area contributed by atoms with Crippen molar-refractivity contribution in [2.45, 2.75) is 11.4 Å². The van der Waals surface area contributed by atoms with Crippen molar-refractivity contribution >= 4 is 21.8 Å². The maximum absolute atomic E-state index is 13.2. The van der Waals surface area contributed by atoms with Crippen LogP contribution in [0.15, 0.2) is 53.4 Å². The maximum atomic E-state index is 13.2. The van der Waals surface area contributed by atoms with Gasteiger partial charge in [0.05, 0.1) is 5.56 Å². The molecule has 0 fully saturated rings. The number of carbonyl (C=O) groups is 2. The Labute approximate surface area is 144 Å². The molecule has 130 valence electrons. The van der Waals surface area contributed by atoms with Gasteiger partial charge in [0.25, 0.3) is 15.9 Å². The van der Waals surface area contributed by atoms with Crippen LogP contribution in [0.1, 0.15) is 15.9 Å². The van der Waals surface area contributed by atoms with Gasteiger partial charge >= 0.3 is 0 Å². The van der Waals surface area contributed by atoms with E-state index in [0.29, 0.717) is 9.87 Å². The van der Waals surface area contributed by atoms with Crippen LogP contribution < -0.4 is 0 Å². The Morgan fingerprint density at radius 3 is 2.56 bits per heavy atom. The first-order chi connectivity index (χ1) is 11.8. The molecule has 8 heteroatoms. The number of hydrogen-bond donors (Lipinski definition) is 0. The average molecular weight is 362 g/mol. The lowest BCUT2D eigenvalue weighted by atomic mass is 10.2. The summed E-state index contributed by atoms with van der Waals surface area (Å²) in [6.45, 7) is -0.493. The molecule has 0 N–H and O–H groups in total. The van der Waals surface area contributed by atoms with Crippen LogP contribution in [-0.2, 0) is 21.4 Å². The van der Waals surface area contributed by atoms with Gasteiger partial charge in [-0.25, -0.2) is 17.1 Å². The van der Waals surface area contributed by atoms with E-state index in [0.717, 1.165) is 0 Å². The fourth-order valence-electron chi connectivity index (χ4n) is 2.63. The summed E-state index contributed by atoms with van der Waals surface area (Å²) in [4.78, 5) is 25.8. The third kappa shape index (κ3) is 3.12. The summed E-state index contributed by atoms with van der Waals surface area (Å²) in [5.41, 5.74) is 0.623. The Balaban J connectivity index is 1.76. The Bertz CT molecular complexity index is 959. The minimum absolute atomic E-state index is 0.0584. The summed E-state index contributed by atoms with van der Waals surface area (Å²) in [6, 6.07) is 11.6. The van der Waals surface area contributed by atoms with Gasteiger partial charge in [0.2, 0.25) is 5.91 Å². The van der Waals surface area contributed by atoms with Crippen molar-refractivity contribution in [1.82, 2.24) is 9.21 Å². The SMILES string of the molecule is CN(Cc1cccc(F)c1)C(=O)CN1C(=O)c2ccccc2S1(=O)=O. The lowest BCUT2D eigenvalue weighted by Crippen LogP contribution is -2.40. The van der Waals surface area contributed by atoms with Gasteiger partial charge in [0.1, 0.15) is 17.3 Å². The molecule has 2 amide bonds. The van der Waals surface area contributed by atoms with Gasteiger partial charge in [-0.15, -0.1) is 0 Å². The van der Waals surface area contributed by atoms with Crippen LogP contribution in [-0.4, -0.2) is 43.0 Å². The standard InChI is InChI=1S/C17H15FN2O4S/c1-19(10-12-5-4-6-13(18)9-12)16(21)11-20-17(22)14-7-2-3-8-15(14)25(20,23)24/h2-9H,10-11H2,1H3. The molecule has 3 rings (SSSR count). The molecule has 2 aromatic carbocycles. The number of likely N-dealkylation sites (N-methyl/N-ethyl adjacent to an activating group) is 1. The molecule has 0 bridgehead atoms. The number of amides is 2. The molecule has 0 saturated heterocycles. The zero-order valence-corrected chi connectivity index (χ0v) is 14.2. The predicted octanol–water partition coefficient (Wildman–Crippen LogP) is 1.63. The zero-order valence-electron chi connectivity index (χ0n) is 13.3. The van der Waals surface area contributed by atoms with Crippen LogP contribution in [0.25, 0.3) is 0 Å². The summed E-state index contributed by atoms with van der Waals surface area (Å²) in [5.74, 6) is -1.71. The van der Waals surface area contributed by atoms with Gasteiger partial charge in [-0.2, -0.15) is 0 Å². The first-order valence-electron chi connectivity index (χ1n) is 7.45. The molecule has 25 heavy (non-hydrogen) atoms. The van der Waals surface area contributed by atoms with Crippen molar-refractivity contribution in [2.24, 2.45) is 0 Å². The van der Waals surface area contributed by atoms with Crippen LogP contribution in [0, 0.1) is 5.82 Å². The van der Waals surface area contributed by atoms with Crippen molar-refractivity contribution in [3.8, 4) is 0 Å². The quantitative estimate of drug-likeness (QED) is 0.829. The Morgan fingerprint density at radius 2 is 1.88 bits per heavy atom. The maximum Gasteiger partial charge on any atom is 0.269 e. The van der Waals surface area contributed by atoms with Crippen molar-refractivity contribution in [2.75, 3.05) is 13.6 Å². The van der Waals surface area contributed by atoms with Gasteiger partial charge in [-0.1, -0.05) is 24.3 Å². The van der Waals surface area contributed by atoms with E-state index in [4.69, 9.17) is 0 Å². The monoisotopic (exact) mass is 362 g/mol. The molecular formula is C17H15FN2O4S. The molecule has 2 aromatic rings. The van der Waals surface area contributed by atoms with Gasteiger partial charge in [-0.05, 0) is 29.8 Å². The lowest BCUT2D eigenvalue weighted by Gasteiger charge is -2.21. The molecule has 1 aliphatic rings. The highest BCUT2D eigenvalue weighted by Crippen LogP contribution is 2.29. The number of hydrogen-bond acceptors (Lipinski definition) is 4. The van der Waals surface area contributed by atoms with E-state index in [1.807, 2.05) is 0 Å². The predicted molar refractivity (Wildman–Crippen MR) is 87.5 cm³/mol. The van der Waals surface area contributed by atoms with E-state index in [9.17, 15) is 22.4 Å². The molecule has 0 spiro atoms. The van der Waals surface area contributed by atoms with Crippen LogP contribution in [0.2, 0.25) is 0 Å². The Hall–Kier alpha value is -2.74. The molecule has 6 nitrogen and oxygen atoms in total. The first-order valence-corrected chi connectivity index (χ1v) is 8.89. The number of halogens is 1. The molecule has 1 aliphatic heterocycles. The largest absolute Gasteiger partial charge is 0.340 e. The molecule has 1 heterocycles. The molecule has 0 aromatic heterocycles. The van der Waals surface area contributed by atoms with Crippen LogP contribution >= 0.6 is 0 Å². The minimum Gasteiger partial charge on any atom is -0.340 e. The highest BCUT2D eigenvalue weighted by atomic mass is 32.2. The van der Waals surface area contributed by atoms with Crippen LogP contribution in [0.5, 0.6) is 0 Å². The minimum atomic E-state index is -4.03. The normalized spacial score (nSPS) is 15.1. The van der Waals surface area contributed by atoms with E-state index in [2.05, 4.69) is 0 Å². The topological polar surface area (TPSA) is 74.8 Å². The summed E-state index contributed by atoms with van der Waals surface area (Å²) in [7, 11) is -2.56. The van der Waals surface area contributed by atoms with Crippen LogP contribution in [0.4, 0.5) is 4.39 Å². The second-order valence-electron chi connectivity index (χ2n) is 5.69. The molecule has 0 atom stereocenters. The van der Waals surface area contributed by atoms with E-state index < -0.39 is 34.2 Å². The van der Waals surface area contributed by atoms with Crippen molar-refractivity contribution in [1.29, 1.82) is 0 Å². The summed E-state index contributed by atoms with van der Waals surface area (Å²) >= 11 is 0. The molecule has 0 aliphatic carbocycles. The van der Waals surface area contributed by atoms with Gasteiger partial charge in [0.15, 0.2) is 0 Å². The van der Waals surface area contributed by atoms with Gasteiger partial charge in [-0.3, -0.25) is 9.59 Å². The fourth-order valence-corrected chi connectivity index (χ4v) is 4.15. The highest BCUT2D eigenvalue weighted by molar-refractivity contribution is 7.90. The fraction of sp³-hybridized carbons (Fsp3) is 0.176. The van der Waals surface area contributed by atoms with E-state index in [1.54, 1.807) is 12.1 Å². The van der Waals surface area contributed by atoms with E-state index in [-0.39, 0.29) is 17.0 Å². The summed E-state index contributed by atoms with van der Waals surface area (Å²) in [6.07, 6.45) is 0. The van der Waals surface area contributed by atoms with E-state index >= 15 is 0 Å². The summed E-state index contributed by atoms with van der Waals surface area (Å²) in [5, 5.41) is 0. The van der Waals surface area contributed by atoms with E-state index in [1.165, 1.54) is 48.3 Å². The molecule has 0 radical (unpaired) electrons. The smallest absolute Gasteiger partial charge is 0.269 e. The lowest BCUT2D eigenvalue weighted by molar-refractivity contribution is -0.130.